The third-order valence-corrected chi connectivity index (χ3v) is 5.70. The summed E-state index contributed by atoms with van der Waals surface area (Å²) in [6.07, 6.45) is 4.01. The van der Waals surface area contributed by atoms with Crippen molar-refractivity contribution in [2.75, 3.05) is 39.5 Å². The third-order valence-electron chi connectivity index (χ3n) is 5.70. The Morgan fingerprint density at radius 3 is 2.69 bits per heavy atom. The largest absolute Gasteiger partial charge is 0.376 e. The van der Waals surface area contributed by atoms with E-state index in [0.29, 0.717) is 19.8 Å². The minimum absolute atomic E-state index is 0.0604. The molecule has 1 atom stereocenters. The van der Waals surface area contributed by atoms with Crippen molar-refractivity contribution in [3.05, 3.63) is 35.9 Å². The summed E-state index contributed by atoms with van der Waals surface area (Å²) in [6.45, 7) is 8.08. The molecule has 0 N–H and O–H groups in total. The molecule has 2 aliphatic heterocycles. The molecule has 1 amide bonds. The minimum Gasteiger partial charge on any atom is -0.376 e. The molecular formula is C23H35NO5. The first-order chi connectivity index (χ1) is 14.1. The third kappa shape index (κ3) is 7.07. The molecule has 2 aliphatic rings. The monoisotopic (exact) mass is 405 g/mol. The van der Waals surface area contributed by atoms with E-state index in [1.165, 1.54) is 0 Å². The highest BCUT2D eigenvalue weighted by molar-refractivity contribution is 5.77. The van der Waals surface area contributed by atoms with Crippen LogP contribution in [0.25, 0.3) is 0 Å². The van der Waals surface area contributed by atoms with Crippen LogP contribution in [0.3, 0.4) is 0 Å². The lowest BCUT2D eigenvalue weighted by atomic mass is 9.83. The van der Waals surface area contributed by atoms with Crippen molar-refractivity contribution in [1.29, 1.82) is 0 Å². The van der Waals surface area contributed by atoms with Crippen LogP contribution in [-0.4, -0.2) is 68.1 Å². The fourth-order valence-electron chi connectivity index (χ4n) is 4.06. The molecule has 2 fully saturated rings. The van der Waals surface area contributed by atoms with Gasteiger partial charge in [0.2, 0.25) is 5.91 Å². The SMILES string of the molecule is CC(C)OCCOC1CCOC2(CCN(C(=O)COCc3ccccc3)CC2)C1. The maximum absolute atomic E-state index is 12.5. The minimum atomic E-state index is -0.149. The highest BCUT2D eigenvalue weighted by Gasteiger charge is 2.41. The van der Waals surface area contributed by atoms with Gasteiger partial charge in [0.05, 0.1) is 37.6 Å². The van der Waals surface area contributed by atoms with E-state index in [1.807, 2.05) is 49.1 Å². The summed E-state index contributed by atoms with van der Waals surface area (Å²) in [6, 6.07) is 9.93. The quantitative estimate of drug-likeness (QED) is 0.591. The molecule has 0 aliphatic carbocycles. The van der Waals surface area contributed by atoms with Crippen molar-refractivity contribution < 1.29 is 23.7 Å². The number of benzene rings is 1. The van der Waals surface area contributed by atoms with Gasteiger partial charge in [0.25, 0.3) is 0 Å². The van der Waals surface area contributed by atoms with Gasteiger partial charge in [-0.1, -0.05) is 30.3 Å². The standard InChI is InChI=1S/C23H35NO5/c1-19(2)27-14-15-28-21-8-13-29-23(16-21)9-11-24(12-10-23)22(25)18-26-17-20-6-4-3-5-7-20/h3-7,19,21H,8-18H2,1-2H3. The van der Waals surface area contributed by atoms with Crippen LogP contribution in [0.15, 0.2) is 30.3 Å². The molecule has 6 heteroatoms. The zero-order chi connectivity index (χ0) is 20.5. The second-order valence-corrected chi connectivity index (χ2v) is 8.30. The van der Waals surface area contributed by atoms with Crippen LogP contribution in [0.1, 0.15) is 45.1 Å². The average Bonchev–Trinajstić information content (AvgIpc) is 2.72. The van der Waals surface area contributed by atoms with Gasteiger partial charge in [0, 0.05) is 26.1 Å². The van der Waals surface area contributed by atoms with E-state index < -0.39 is 0 Å². The summed E-state index contributed by atoms with van der Waals surface area (Å²) in [5, 5.41) is 0. The Morgan fingerprint density at radius 2 is 1.97 bits per heavy atom. The van der Waals surface area contributed by atoms with Crippen molar-refractivity contribution in [2.24, 2.45) is 0 Å². The predicted octanol–water partition coefficient (Wildman–Crippen LogP) is 3.19. The molecule has 6 nitrogen and oxygen atoms in total. The van der Waals surface area contributed by atoms with Crippen LogP contribution >= 0.6 is 0 Å². The lowest BCUT2D eigenvalue weighted by Crippen LogP contribution is -2.52. The second-order valence-electron chi connectivity index (χ2n) is 8.30. The summed E-state index contributed by atoms with van der Waals surface area (Å²) < 4.78 is 23.4. The molecule has 0 saturated carbocycles. The number of carbonyl (C=O) groups excluding carboxylic acids is 1. The highest BCUT2D eigenvalue weighted by Crippen LogP contribution is 2.36. The maximum atomic E-state index is 12.5. The van der Waals surface area contributed by atoms with Crippen molar-refractivity contribution in [1.82, 2.24) is 4.90 Å². The zero-order valence-corrected chi connectivity index (χ0v) is 17.8. The Bertz CT molecular complexity index is 613. The van der Waals surface area contributed by atoms with Gasteiger partial charge in [0.15, 0.2) is 0 Å². The molecule has 1 aromatic rings. The van der Waals surface area contributed by atoms with Gasteiger partial charge < -0.3 is 23.8 Å². The van der Waals surface area contributed by atoms with Gasteiger partial charge in [-0.2, -0.15) is 0 Å². The number of carbonyl (C=O) groups is 1. The number of piperidine rings is 1. The Kier molecular flexibility index (Phi) is 8.48. The number of rotatable bonds is 9. The molecule has 29 heavy (non-hydrogen) atoms. The molecular weight excluding hydrogens is 370 g/mol. The van der Waals surface area contributed by atoms with Crippen molar-refractivity contribution in [2.45, 2.75) is 63.9 Å². The first-order valence-electron chi connectivity index (χ1n) is 10.8. The van der Waals surface area contributed by atoms with Gasteiger partial charge in [-0.05, 0) is 38.7 Å². The molecule has 0 bridgehead atoms. The van der Waals surface area contributed by atoms with Gasteiger partial charge in [-0.15, -0.1) is 0 Å². The van der Waals surface area contributed by atoms with Crippen LogP contribution in [-0.2, 0) is 30.3 Å². The summed E-state index contributed by atoms with van der Waals surface area (Å²) in [5.74, 6) is 0.0604. The van der Waals surface area contributed by atoms with E-state index in [-0.39, 0.29) is 30.3 Å². The lowest BCUT2D eigenvalue weighted by Gasteiger charge is -2.46. The molecule has 1 aromatic carbocycles. The number of ether oxygens (including phenoxy) is 4. The van der Waals surface area contributed by atoms with E-state index in [4.69, 9.17) is 18.9 Å². The second kappa shape index (κ2) is 11.1. The van der Waals surface area contributed by atoms with E-state index in [9.17, 15) is 4.79 Å². The van der Waals surface area contributed by atoms with Gasteiger partial charge in [0.1, 0.15) is 6.61 Å². The Morgan fingerprint density at radius 1 is 1.21 bits per heavy atom. The number of likely N-dealkylation sites (tertiary alicyclic amines) is 1. The van der Waals surface area contributed by atoms with Crippen molar-refractivity contribution in [3.8, 4) is 0 Å². The van der Waals surface area contributed by atoms with E-state index in [1.54, 1.807) is 0 Å². The normalized spacial score (nSPS) is 21.6. The summed E-state index contributed by atoms with van der Waals surface area (Å²) in [7, 11) is 0. The van der Waals surface area contributed by atoms with Gasteiger partial charge >= 0.3 is 0 Å². The smallest absolute Gasteiger partial charge is 0.248 e. The number of hydrogen-bond acceptors (Lipinski definition) is 5. The van der Waals surface area contributed by atoms with E-state index >= 15 is 0 Å². The predicted molar refractivity (Wildman–Crippen MR) is 111 cm³/mol. The van der Waals surface area contributed by atoms with Crippen LogP contribution in [0.2, 0.25) is 0 Å². The molecule has 3 rings (SSSR count). The highest BCUT2D eigenvalue weighted by atomic mass is 16.5. The Hall–Kier alpha value is -1.47. The first kappa shape index (κ1) is 22.2. The van der Waals surface area contributed by atoms with Crippen LogP contribution in [0.4, 0.5) is 0 Å². The number of hydrogen-bond donors (Lipinski definition) is 0. The lowest BCUT2D eigenvalue weighted by molar-refractivity contribution is -0.165. The maximum Gasteiger partial charge on any atom is 0.248 e. The molecule has 162 valence electrons. The zero-order valence-electron chi connectivity index (χ0n) is 17.8. The molecule has 1 spiro atoms. The first-order valence-corrected chi connectivity index (χ1v) is 10.8. The molecule has 0 aromatic heterocycles. The van der Waals surface area contributed by atoms with Crippen LogP contribution < -0.4 is 0 Å². The molecule has 2 heterocycles. The van der Waals surface area contributed by atoms with E-state index in [2.05, 4.69) is 0 Å². The molecule has 2 saturated heterocycles. The van der Waals surface area contributed by atoms with Crippen LogP contribution in [0.5, 0.6) is 0 Å². The number of nitrogens with zero attached hydrogens (tertiary/aromatic N) is 1. The Labute approximate surface area is 174 Å². The molecule has 0 radical (unpaired) electrons. The fraction of sp³-hybridized carbons (Fsp3) is 0.696. The summed E-state index contributed by atoms with van der Waals surface area (Å²) in [5.41, 5.74) is 0.932. The Balaban J connectivity index is 1.36. The van der Waals surface area contributed by atoms with Crippen molar-refractivity contribution >= 4 is 5.91 Å². The number of amides is 1. The van der Waals surface area contributed by atoms with Crippen LogP contribution in [0, 0.1) is 0 Å². The van der Waals surface area contributed by atoms with Crippen molar-refractivity contribution in [3.63, 3.8) is 0 Å². The van der Waals surface area contributed by atoms with Gasteiger partial charge in [-0.25, -0.2) is 0 Å². The topological polar surface area (TPSA) is 57.2 Å². The summed E-state index contributed by atoms with van der Waals surface area (Å²) in [4.78, 5) is 14.4. The van der Waals surface area contributed by atoms with Gasteiger partial charge in [-0.3, -0.25) is 4.79 Å². The van der Waals surface area contributed by atoms with E-state index in [0.717, 1.165) is 50.9 Å². The average molecular weight is 406 g/mol. The fourth-order valence-corrected chi connectivity index (χ4v) is 4.06. The molecule has 1 unspecified atom stereocenters. The summed E-state index contributed by atoms with van der Waals surface area (Å²) >= 11 is 0.